The number of alkyl halides is 3. The Morgan fingerprint density at radius 3 is 2.33 bits per heavy atom. The third-order valence-electron chi connectivity index (χ3n) is 2.94. The maximum absolute atomic E-state index is 12.6. The Bertz CT molecular complexity index is 585. The summed E-state index contributed by atoms with van der Waals surface area (Å²) in [5, 5.41) is 22.1. The van der Waals surface area contributed by atoms with Crippen LogP contribution in [0.4, 0.5) is 23.7 Å². The van der Waals surface area contributed by atoms with E-state index in [4.69, 9.17) is 10.5 Å². The quantitative estimate of drug-likeness (QED) is 0.623. The highest BCUT2D eigenvalue weighted by molar-refractivity contribution is 5.67. The van der Waals surface area contributed by atoms with Crippen molar-refractivity contribution in [3.05, 3.63) is 29.3 Å². The lowest BCUT2D eigenvalue weighted by Gasteiger charge is -2.22. The van der Waals surface area contributed by atoms with Crippen molar-refractivity contribution in [3.8, 4) is 0 Å². The number of carbonyl (C=O) groups is 1. The van der Waals surface area contributed by atoms with E-state index in [-0.39, 0.29) is 12.1 Å². The van der Waals surface area contributed by atoms with Gasteiger partial charge in [-0.15, -0.1) is 0 Å². The number of amides is 1. The van der Waals surface area contributed by atoms with E-state index in [1.165, 1.54) is 0 Å². The number of hydrogen-bond acceptors (Lipinski definition) is 5. The molecule has 2 atom stereocenters. The topological polar surface area (TPSA) is 105 Å². The van der Waals surface area contributed by atoms with Crippen molar-refractivity contribution < 1.29 is 32.9 Å². The Labute approximate surface area is 137 Å². The van der Waals surface area contributed by atoms with Crippen molar-refractivity contribution in [3.63, 3.8) is 0 Å². The van der Waals surface area contributed by atoms with Crippen molar-refractivity contribution in [1.82, 2.24) is 5.32 Å². The number of hydrogen-bond donors (Lipinski definition) is 4. The summed E-state index contributed by atoms with van der Waals surface area (Å²) in [7, 11) is 0. The molecular weight excluding hydrogens is 329 g/mol. The van der Waals surface area contributed by atoms with Crippen LogP contribution in [0.2, 0.25) is 0 Å². The van der Waals surface area contributed by atoms with Crippen LogP contribution in [0.3, 0.4) is 0 Å². The second-order valence-corrected chi connectivity index (χ2v) is 6.24. The van der Waals surface area contributed by atoms with E-state index in [9.17, 15) is 28.2 Å². The first kappa shape index (κ1) is 20.0. The predicted molar refractivity (Wildman–Crippen MR) is 81.1 cm³/mol. The Hall–Kier alpha value is -2.00. The molecular formula is C15H21F3N2O4. The fourth-order valence-electron chi connectivity index (χ4n) is 1.86. The number of aliphatic hydroxyl groups is 2. The summed E-state index contributed by atoms with van der Waals surface area (Å²) in [6.07, 6.45) is -8.37. The van der Waals surface area contributed by atoms with E-state index >= 15 is 0 Å². The van der Waals surface area contributed by atoms with Gasteiger partial charge in [-0.05, 0) is 38.5 Å². The van der Waals surface area contributed by atoms with Crippen LogP contribution in [0.5, 0.6) is 0 Å². The minimum atomic E-state index is -4.61. The average molecular weight is 350 g/mol. The highest BCUT2D eigenvalue weighted by atomic mass is 19.4. The van der Waals surface area contributed by atoms with E-state index in [2.05, 4.69) is 5.32 Å². The fourth-order valence-corrected chi connectivity index (χ4v) is 1.86. The molecule has 2 unspecified atom stereocenters. The summed E-state index contributed by atoms with van der Waals surface area (Å²) in [6.45, 7) is 4.62. The molecule has 0 aliphatic heterocycles. The Balaban J connectivity index is 2.71. The Morgan fingerprint density at radius 1 is 1.29 bits per heavy atom. The fraction of sp³-hybridized carbons (Fsp3) is 0.533. The lowest BCUT2D eigenvalue weighted by atomic mass is 10.0. The van der Waals surface area contributed by atoms with Gasteiger partial charge in [0.1, 0.15) is 17.8 Å². The van der Waals surface area contributed by atoms with Gasteiger partial charge in [0.2, 0.25) is 0 Å². The number of nitrogen functional groups attached to an aromatic ring is 1. The molecule has 0 heterocycles. The summed E-state index contributed by atoms with van der Waals surface area (Å²) in [4.78, 5) is 11.5. The van der Waals surface area contributed by atoms with E-state index < -0.39 is 41.3 Å². The third-order valence-corrected chi connectivity index (χ3v) is 2.94. The first-order chi connectivity index (χ1) is 10.8. The van der Waals surface area contributed by atoms with Gasteiger partial charge in [-0.2, -0.15) is 13.2 Å². The molecule has 0 fully saturated rings. The van der Waals surface area contributed by atoms with Crippen molar-refractivity contribution in [1.29, 1.82) is 0 Å². The van der Waals surface area contributed by atoms with Gasteiger partial charge in [0.05, 0.1) is 5.56 Å². The molecule has 6 nitrogen and oxygen atoms in total. The number of anilines is 1. The summed E-state index contributed by atoms with van der Waals surface area (Å²) in [6, 6.07) is 2.67. The van der Waals surface area contributed by atoms with Crippen LogP contribution in [-0.4, -0.2) is 34.6 Å². The molecule has 0 spiro atoms. The molecule has 5 N–H and O–H groups in total. The zero-order chi connectivity index (χ0) is 18.7. The maximum Gasteiger partial charge on any atom is 0.418 e. The predicted octanol–water partition coefficient (Wildman–Crippen LogP) is 2.21. The number of ether oxygens (including phenoxy) is 1. The molecule has 1 rings (SSSR count). The highest BCUT2D eigenvalue weighted by Crippen LogP contribution is 2.35. The number of alkyl carbamates (subject to hydrolysis) is 1. The second-order valence-electron chi connectivity index (χ2n) is 6.24. The van der Waals surface area contributed by atoms with E-state index in [0.29, 0.717) is 0 Å². The summed E-state index contributed by atoms with van der Waals surface area (Å²) in [5.74, 6) is 0. The molecule has 0 bridgehead atoms. The lowest BCUT2D eigenvalue weighted by molar-refractivity contribution is -0.136. The standard InChI is InChI=1S/C15H21F3N2O4/c1-14(2,3)24-13(23)20-7-11(21)12(22)8-4-5-9(10(19)6-8)15(16,17)18/h4-6,11-12,21-22H,7,19H2,1-3H3,(H,20,23). The third kappa shape index (κ3) is 5.89. The largest absolute Gasteiger partial charge is 0.444 e. The van der Waals surface area contributed by atoms with Gasteiger partial charge >= 0.3 is 12.3 Å². The number of rotatable bonds is 4. The average Bonchev–Trinajstić information content (AvgIpc) is 2.40. The molecule has 0 radical (unpaired) electrons. The number of nitrogens with one attached hydrogen (secondary N) is 1. The van der Waals surface area contributed by atoms with Crippen LogP contribution in [0.25, 0.3) is 0 Å². The van der Waals surface area contributed by atoms with Gasteiger partial charge in [0, 0.05) is 12.2 Å². The zero-order valence-electron chi connectivity index (χ0n) is 13.5. The summed E-state index contributed by atoms with van der Waals surface area (Å²) in [5.41, 5.74) is 3.02. The molecule has 0 aromatic heterocycles. The normalized spacial score (nSPS) is 14.8. The van der Waals surface area contributed by atoms with Crippen molar-refractivity contribution in [2.24, 2.45) is 0 Å². The van der Waals surface area contributed by atoms with Crippen LogP contribution in [0.15, 0.2) is 18.2 Å². The van der Waals surface area contributed by atoms with Gasteiger partial charge in [-0.1, -0.05) is 6.07 Å². The highest BCUT2D eigenvalue weighted by Gasteiger charge is 2.33. The minimum Gasteiger partial charge on any atom is -0.444 e. The van der Waals surface area contributed by atoms with E-state index in [0.717, 1.165) is 18.2 Å². The van der Waals surface area contributed by atoms with Crippen LogP contribution in [0.1, 0.15) is 38.0 Å². The van der Waals surface area contributed by atoms with Crippen LogP contribution < -0.4 is 11.1 Å². The van der Waals surface area contributed by atoms with Gasteiger partial charge < -0.3 is 26.0 Å². The summed E-state index contributed by atoms with van der Waals surface area (Å²) >= 11 is 0. The zero-order valence-corrected chi connectivity index (χ0v) is 13.5. The molecule has 136 valence electrons. The monoisotopic (exact) mass is 350 g/mol. The molecule has 1 aromatic carbocycles. The Kier molecular flexibility index (Phi) is 6.07. The Morgan fingerprint density at radius 2 is 1.88 bits per heavy atom. The number of aliphatic hydroxyl groups excluding tert-OH is 2. The number of nitrogens with two attached hydrogens (primary N) is 1. The molecule has 24 heavy (non-hydrogen) atoms. The first-order valence-corrected chi connectivity index (χ1v) is 7.11. The molecule has 1 aromatic rings. The number of halogens is 3. The van der Waals surface area contributed by atoms with Gasteiger partial charge in [-0.3, -0.25) is 0 Å². The molecule has 0 saturated carbocycles. The lowest BCUT2D eigenvalue weighted by Crippen LogP contribution is -2.38. The van der Waals surface area contributed by atoms with Crippen molar-refractivity contribution in [2.75, 3.05) is 12.3 Å². The van der Waals surface area contributed by atoms with E-state index in [1.54, 1.807) is 20.8 Å². The number of benzene rings is 1. The van der Waals surface area contributed by atoms with E-state index in [1.807, 2.05) is 0 Å². The SMILES string of the molecule is CC(C)(C)OC(=O)NCC(O)C(O)c1ccc(C(F)(F)F)c(N)c1. The van der Waals surface area contributed by atoms with Crippen molar-refractivity contribution in [2.45, 2.75) is 44.8 Å². The van der Waals surface area contributed by atoms with Crippen LogP contribution in [-0.2, 0) is 10.9 Å². The van der Waals surface area contributed by atoms with Gasteiger partial charge in [0.25, 0.3) is 0 Å². The molecule has 0 aliphatic carbocycles. The first-order valence-electron chi connectivity index (χ1n) is 7.11. The number of carbonyl (C=O) groups excluding carboxylic acids is 1. The maximum atomic E-state index is 12.6. The van der Waals surface area contributed by atoms with Crippen LogP contribution >= 0.6 is 0 Å². The molecule has 0 aliphatic rings. The molecule has 9 heteroatoms. The molecule has 0 saturated heterocycles. The van der Waals surface area contributed by atoms with Crippen molar-refractivity contribution >= 4 is 11.8 Å². The second kappa shape index (κ2) is 7.27. The van der Waals surface area contributed by atoms with Gasteiger partial charge in [-0.25, -0.2) is 4.79 Å². The minimum absolute atomic E-state index is 0.000936. The molecule has 1 amide bonds. The van der Waals surface area contributed by atoms with Crippen LogP contribution in [0, 0.1) is 0 Å². The summed E-state index contributed by atoms with van der Waals surface area (Å²) < 4.78 is 42.9. The smallest absolute Gasteiger partial charge is 0.418 e. The van der Waals surface area contributed by atoms with Gasteiger partial charge in [0.15, 0.2) is 0 Å².